The minimum atomic E-state index is -0.643. The molecule has 0 spiro atoms. The third-order valence-electron chi connectivity index (χ3n) is 4.07. The van der Waals surface area contributed by atoms with Crippen molar-refractivity contribution in [3.05, 3.63) is 35.4 Å². The molecule has 0 atom stereocenters. The molecule has 0 aliphatic heterocycles. The smallest absolute Gasteiger partial charge is 0.410 e. The Morgan fingerprint density at radius 1 is 0.931 bits per heavy atom. The van der Waals surface area contributed by atoms with Crippen LogP contribution >= 0.6 is 0 Å². The number of nitrogens with zero attached hydrogens (tertiary/aromatic N) is 2. The summed E-state index contributed by atoms with van der Waals surface area (Å²) in [7, 11) is 2.96. The maximum Gasteiger partial charge on any atom is 0.410 e. The van der Waals surface area contributed by atoms with Crippen molar-refractivity contribution in [1.82, 2.24) is 9.80 Å². The van der Waals surface area contributed by atoms with Gasteiger partial charge < -0.3 is 19.3 Å². The van der Waals surface area contributed by atoms with E-state index in [1.807, 2.05) is 65.8 Å². The highest BCUT2D eigenvalue weighted by Gasteiger charge is 2.29. The summed E-state index contributed by atoms with van der Waals surface area (Å²) in [6.45, 7) is 11.3. The largest absolute Gasteiger partial charge is 0.468 e. The van der Waals surface area contributed by atoms with Crippen LogP contribution in [-0.2, 0) is 32.2 Å². The summed E-state index contributed by atoms with van der Waals surface area (Å²) in [6, 6.07) is 7.52. The minimum absolute atomic E-state index is 0.136. The topological polar surface area (TPSA) is 76.2 Å². The van der Waals surface area contributed by atoms with E-state index < -0.39 is 23.1 Å². The zero-order chi connectivity index (χ0) is 22.4. The van der Waals surface area contributed by atoms with E-state index in [4.69, 9.17) is 9.47 Å². The molecule has 7 heteroatoms. The number of amides is 2. The zero-order valence-electron chi connectivity index (χ0n) is 18.9. The van der Waals surface area contributed by atoms with Gasteiger partial charge in [-0.05, 0) is 31.9 Å². The molecule has 0 aliphatic rings. The molecule has 0 saturated heterocycles. The van der Waals surface area contributed by atoms with Crippen LogP contribution in [0.5, 0.6) is 0 Å². The van der Waals surface area contributed by atoms with Crippen molar-refractivity contribution in [2.45, 2.75) is 60.2 Å². The number of rotatable bonds is 6. The fourth-order valence-electron chi connectivity index (χ4n) is 2.63. The van der Waals surface area contributed by atoms with Gasteiger partial charge in [0.1, 0.15) is 12.1 Å². The van der Waals surface area contributed by atoms with E-state index >= 15 is 0 Å². The number of ether oxygens (including phenoxy) is 2. The first-order valence-electron chi connectivity index (χ1n) is 9.61. The molecule has 0 bridgehead atoms. The Bertz CT molecular complexity index is 731. The van der Waals surface area contributed by atoms with Crippen molar-refractivity contribution in [1.29, 1.82) is 0 Å². The van der Waals surface area contributed by atoms with Gasteiger partial charge in [0.2, 0.25) is 5.91 Å². The summed E-state index contributed by atoms with van der Waals surface area (Å²) in [6.07, 6.45) is -0.426. The molecule has 1 rings (SSSR count). The van der Waals surface area contributed by atoms with Gasteiger partial charge in [-0.1, -0.05) is 45.0 Å². The van der Waals surface area contributed by atoms with Gasteiger partial charge in [0, 0.05) is 25.6 Å². The normalized spacial score (nSPS) is 11.6. The molecule has 0 N–H and O–H groups in total. The van der Waals surface area contributed by atoms with Crippen molar-refractivity contribution in [2.75, 3.05) is 20.7 Å². The highest BCUT2D eigenvalue weighted by Crippen LogP contribution is 2.21. The summed E-state index contributed by atoms with van der Waals surface area (Å²) in [5, 5.41) is 0. The number of esters is 1. The first-order chi connectivity index (χ1) is 13.2. The van der Waals surface area contributed by atoms with Gasteiger partial charge in [-0.2, -0.15) is 0 Å². The summed E-state index contributed by atoms with van der Waals surface area (Å²) >= 11 is 0. The van der Waals surface area contributed by atoms with Crippen LogP contribution in [0.25, 0.3) is 0 Å². The number of hydrogen-bond acceptors (Lipinski definition) is 5. The quantitative estimate of drug-likeness (QED) is 0.675. The average Bonchev–Trinajstić information content (AvgIpc) is 2.59. The molecule has 2 amide bonds. The van der Waals surface area contributed by atoms with E-state index in [0.717, 1.165) is 11.1 Å². The monoisotopic (exact) mass is 406 g/mol. The molecule has 0 aromatic heterocycles. The lowest BCUT2D eigenvalue weighted by atomic mass is 9.94. The molecule has 0 saturated carbocycles. The summed E-state index contributed by atoms with van der Waals surface area (Å²) in [5.74, 6) is -0.635. The number of methoxy groups -OCH3 is 1. The molecule has 162 valence electrons. The second-order valence-electron chi connectivity index (χ2n) is 9.09. The average molecular weight is 407 g/mol. The highest BCUT2D eigenvalue weighted by atomic mass is 16.6. The maximum atomic E-state index is 12.9. The van der Waals surface area contributed by atoms with Gasteiger partial charge in [-0.3, -0.25) is 9.59 Å². The number of hydrogen-bond donors (Lipinski definition) is 0. The predicted molar refractivity (Wildman–Crippen MR) is 111 cm³/mol. The van der Waals surface area contributed by atoms with Crippen molar-refractivity contribution in [3.63, 3.8) is 0 Å². The molecular weight excluding hydrogens is 372 g/mol. The van der Waals surface area contributed by atoms with E-state index in [1.165, 1.54) is 16.9 Å². The van der Waals surface area contributed by atoms with Gasteiger partial charge >= 0.3 is 12.1 Å². The van der Waals surface area contributed by atoms with E-state index in [2.05, 4.69) is 0 Å². The van der Waals surface area contributed by atoms with Gasteiger partial charge in [-0.25, -0.2) is 4.79 Å². The SMILES string of the molecule is COC(=O)CN(Cc1ccccc1CN(C)C(=O)OC(C)(C)C)C(=O)C(C)(C)C. The fourth-order valence-corrected chi connectivity index (χ4v) is 2.63. The van der Waals surface area contributed by atoms with Crippen LogP contribution in [0.15, 0.2) is 24.3 Å². The standard InChI is InChI=1S/C22H34N2O5/c1-21(2,3)19(26)24(15-18(25)28-8)14-17-12-10-9-11-16(17)13-23(7)20(27)29-22(4,5)6/h9-12H,13-15H2,1-8H3. The van der Waals surface area contributed by atoms with Crippen molar-refractivity contribution < 1.29 is 23.9 Å². The van der Waals surface area contributed by atoms with Crippen LogP contribution in [0.3, 0.4) is 0 Å². The molecule has 7 nitrogen and oxygen atoms in total. The molecule has 29 heavy (non-hydrogen) atoms. The molecule has 1 aromatic rings. The summed E-state index contributed by atoms with van der Waals surface area (Å²) in [5.41, 5.74) is 0.499. The van der Waals surface area contributed by atoms with Gasteiger partial charge in [-0.15, -0.1) is 0 Å². The highest BCUT2D eigenvalue weighted by molar-refractivity contribution is 5.85. The third kappa shape index (κ3) is 8.13. The second kappa shape index (κ2) is 9.76. The van der Waals surface area contributed by atoms with Crippen molar-refractivity contribution in [2.24, 2.45) is 5.41 Å². The van der Waals surface area contributed by atoms with Crippen molar-refractivity contribution in [3.8, 4) is 0 Å². The number of carbonyl (C=O) groups excluding carboxylic acids is 3. The maximum absolute atomic E-state index is 12.9. The lowest BCUT2D eigenvalue weighted by molar-refractivity contribution is -0.150. The van der Waals surface area contributed by atoms with Crippen LogP contribution in [0.2, 0.25) is 0 Å². The Kier molecular flexibility index (Phi) is 8.24. The molecule has 0 radical (unpaired) electrons. The Morgan fingerprint density at radius 2 is 1.45 bits per heavy atom. The van der Waals surface area contributed by atoms with Gasteiger partial charge in [0.05, 0.1) is 7.11 Å². The van der Waals surface area contributed by atoms with Crippen LogP contribution in [-0.4, -0.2) is 54.1 Å². The Balaban J connectivity index is 3.07. The Morgan fingerprint density at radius 3 is 1.90 bits per heavy atom. The fraction of sp³-hybridized carbons (Fsp3) is 0.591. The molecule has 1 aromatic carbocycles. The molecule has 0 fully saturated rings. The van der Waals surface area contributed by atoms with E-state index in [-0.39, 0.29) is 19.0 Å². The molecule has 0 unspecified atom stereocenters. The molecule has 0 heterocycles. The van der Waals surface area contributed by atoms with E-state index in [9.17, 15) is 14.4 Å². The van der Waals surface area contributed by atoms with Crippen LogP contribution in [0.4, 0.5) is 4.79 Å². The lowest BCUT2D eigenvalue weighted by Crippen LogP contribution is -2.42. The summed E-state index contributed by atoms with van der Waals surface area (Å²) < 4.78 is 10.2. The molecular formula is C22H34N2O5. The zero-order valence-corrected chi connectivity index (χ0v) is 18.9. The molecule has 0 aliphatic carbocycles. The predicted octanol–water partition coefficient (Wildman–Crippen LogP) is 3.60. The number of carbonyl (C=O) groups is 3. The lowest BCUT2D eigenvalue weighted by Gasteiger charge is -2.30. The van der Waals surface area contributed by atoms with Gasteiger partial charge in [0.25, 0.3) is 0 Å². The van der Waals surface area contributed by atoms with Crippen LogP contribution in [0.1, 0.15) is 52.7 Å². The minimum Gasteiger partial charge on any atom is -0.468 e. The third-order valence-corrected chi connectivity index (χ3v) is 4.07. The first kappa shape index (κ1) is 24.5. The van der Waals surface area contributed by atoms with Crippen LogP contribution < -0.4 is 0 Å². The van der Waals surface area contributed by atoms with Crippen LogP contribution in [0, 0.1) is 5.41 Å². The van der Waals surface area contributed by atoms with Gasteiger partial charge in [0.15, 0.2) is 0 Å². The second-order valence-corrected chi connectivity index (χ2v) is 9.09. The Labute approximate surface area is 174 Å². The van der Waals surface area contributed by atoms with E-state index in [0.29, 0.717) is 6.54 Å². The van der Waals surface area contributed by atoms with Crippen molar-refractivity contribution >= 4 is 18.0 Å². The van der Waals surface area contributed by atoms with E-state index in [1.54, 1.807) is 7.05 Å². The Hall–Kier alpha value is -2.57. The summed E-state index contributed by atoms with van der Waals surface area (Å²) in [4.78, 5) is 40.0. The first-order valence-corrected chi connectivity index (χ1v) is 9.61. The number of benzene rings is 1.